The maximum atomic E-state index is 16.3. The van der Waals surface area contributed by atoms with Gasteiger partial charge in [0, 0.05) is 41.7 Å². The van der Waals surface area contributed by atoms with Crippen LogP contribution in [0.3, 0.4) is 0 Å². The molecule has 6 rings (SSSR count). The quantitative estimate of drug-likeness (QED) is 0.299. The fourth-order valence-electron chi connectivity index (χ4n) is 7.91. The molecular weight excluding hydrogens is 613 g/mol. The Hall–Kier alpha value is -4.54. The molecule has 3 aromatic carbocycles. The monoisotopic (exact) mass is 655 g/mol. The molecule has 0 bridgehead atoms. The van der Waals surface area contributed by atoms with Crippen molar-refractivity contribution in [2.24, 2.45) is 11.8 Å². The van der Waals surface area contributed by atoms with Crippen LogP contribution < -0.4 is 15.0 Å². The highest BCUT2D eigenvalue weighted by Gasteiger charge is 2.66. The number of anilines is 2. The highest BCUT2D eigenvalue weighted by atomic mass is 19.1. The Labute approximate surface area is 280 Å². The number of carbonyl (C=O) groups excluding carboxylic acids is 3. The zero-order valence-electron chi connectivity index (χ0n) is 27.7. The lowest BCUT2D eigenvalue weighted by molar-refractivity contribution is -0.151. The van der Waals surface area contributed by atoms with Gasteiger partial charge in [0.05, 0.1) is 38.0 Å². The Bertz CT molecular complexity index is 1740. The van der Waals surface area contributed by atoms with E-state index in [4.69, 9.17) is 9.47 Å². The lowest BCUT2D eigenvalue weighted by atomic mass is 9.71. The molecule has 0 aliphatic carbocycles. The third-order valence-corrected chi connectivity index (χ3v) is 10.1. The second kappa shape index (κ2) is 12.8. The Morgan fingerprint density at radius 3 is 2.50 bits per heavy atom. The molecule has 2 N–H and O–H groups in total. The van der Waals surface area contributed by atoms with Crippen molar-refractivity contribution in [3.05, 3.63) is 102 Å². The summed E-state index contributed by atoms with van der Waals surface area (Å²) in [6.07, 6.45) is 1.01. The van der Waals surface area contributed by atoms with E-state index < -0.39 is 35.3 Å². The topological polar surface area (TPSA) is 108 Å². The van der Waals surface area contributed by atoms with Crippen LogP contribution in [-0.2, 0) is 32.9 Å². The van der Waals surface area contributed by atoms with Gasteiger partial charge in [0.15, 0.2) is 5.60 Å². The van der Waals surface area contributed by atoms with E-state index in [9.17, 15) is 19.5 Å². The summed E-state index contributed by atoms with van der Waals surface area (Å²) in [6, 6.07) is 19.3. The number of hydrogen-bond donors (Lipinski definition) is 2. The van der Waals surface area contributed by atoms with Gasteiger partial charge in [0.2, 0.25) is 5.91 Å². The first-order valence-corrected chi connectivity index (χ1v) is 16.3. The minimum absolute atomic E-state index is 0.166. The number of nitrogens with zero attached hydrogens (tertiary/aromatic N) is 2. The molecule has 0 radical (unpaired) electrons. The first-order valence-electron chi connectivity index (χ1n) is 16.3. The Kier molecular flexibility index (Phi) is 8.91. The lowest BCUT2D eigenvalue weighted by Crippen LogP contribution is -2.48. The zero-order chi connectivity index (χ0) is 34.4. The fraction of sp³-hybridized carbons (Fsp3) is 0.395. The van der Waals surface area contributed by atoms with Crippen molar-refractivity contribution in [3.8, 4) is 5.75 Å². The van der Waals surface area contributed by atoms with Crippen LogP contribution >= 0.6 is 0 Å². The molecule has 1 spiro atoms. The summed E-state index contributed by atoms with van der Waals surface area (Å²) >= 11 is 0. The zero-order valence-corrected chi connectivity index (χ0v) is 27.7. The van der Waals surface area contributed by atoms with Gasteiger partial charge >= 0.3 is 0 Å². The minimum atomic E-state index is -1.81. The third-order valence-electron chi connectivity index (χ3n) is 10.1. The van der Waals surface area contributed by atoms with Gasteiger partial charge in [0.25, 0.3) is 11.8 Å². The van der Waals surface area contributed by atoms with Crippen LogP contribution in [0.1, 0.15) is 54.2 Å². The van der Waals surface area contributed by atoms with Gasteiger partial charge in [0.1, 0.15) is 11.4 Å². The highest BCUT2D eigenvalue weighted by molar-refractivity contribution is 6.09. The van der Waals surface area contributed by atoms with E-state index in [1.807, 2.05) is 24.3 Å². The molecule has 252 valence electrons. The van der Waals surface area contributed by atoms with E-state index in [1.165, 1.54) is 13.8 Å². The maximum absolute atomic E-state index is 16.3. The number of benzene rings is 3. The van der Waals surface area contributed by atoms with Gasteiger partial charge in [-0.25, -0.2) is 4.39 Å². The van der Waals surface area contributed by atoms with Gasteiger partial charge in [-0.1, -0.05) is 37.3 Å². The molecule has 1 fully saturated rings. The molecule has 3 aromatic rings. The van der Waals surface area contributed by atoms with Crippen LogP contribution in [0.25, 0.3) is 0 Å². The molecule has 1 saturated heterocycles. The molecule has 3 heterocycles. The molecule has 3 amide bonds. The van der Waals surface area contributed by atoms with Crippen LogP contribution in [0.2, 0.25) is 0 Å². The molecule has 5 atom stereocenters. The molecule has 9 nitrogen and oxygen atoms in total. The fourth-order valence-corrected chi connectivity index (χ4v) is 7.91. The Morgan fingerprint density at radius 1 is 1.15 bits per heavy atom. The average molecular weight is 656 g/mol. The second-order valence-corrected chi connectivity index (χ2v) is 13.4. The number of rotatable bonds is 9. The summed E-state index contributed by atoms with van der Waals surface area (Å²) in [5.74, 6) is -1.89. The molecule has 10 heteroatoms. The predicted octanol–water partition coefficient (Wildman–Crippen LogP) is 5.41. The van der Waals surface area contributed by atoms with E-state index in [1.54, 1.807) is 72.4 Å². The van der Waals surface area contributed by atoms with E-state index in [0.717, 1.165) is 11.1 Å². The second-order valence-electron chi connectivity index (χ2n) is 13.4. The largest absolute Gasteiger partial charge is 0.497 e. The van der Waals surface area contributed by atoms with Crippen LogP contribution in [0.5, 0.6) is 5.75 Å². The number of fused-ring (bicyclic) bond motifs is 3. The summed E-state index contributed by atoms with van der Waals surface area (Å²) < 4.78 is 28.2. The van der Waals surface area contributed by atoms with E-state index >= 15 is 4.39 Å². The number of halogens is 1. The SMILES string of the molecule is C=CCN1C(=O)[C@@]2(O[C@@H](CC(=O)N3Cc4ccccc4C[C@H]3CO)[C@H](C(C)(C)F)[C@H]2C)c2cc(NC(=O)c3ccc(OC)cc3)ccc21. The van der Waals surface area contributed by atoms with Crippen LogP contribution in [0.15, 0.2) is 79.4 Å². The number of aliphatic hydroxyl groups excluding tert-OH is 1. The van der Waals surface area contributed by atoms with Gasteiger partial charge in [-0.15, -0.1) is 6.58 Å². The van der Waals surface area contributed by atoms with Crippen LogP contribution in [-0.4, -0.2) is 65.8 Å². The molecule has 3 aliphatic rings. The summed E-state index contributed by atoms with van der Waals surface area (Å²) in [6.45, 7) is 8.84. The Balaban J connectivity index is 1.34. The molecule has 3 aliphatic heterocycles. The van der Waals surface area contributed by atoms with Crippen molar-refractivity contribution in [2.45, 2.75) is 63.6 Å². The van der Waals surface area contributed by atoms with Gasteiger partial charge in [-0.2, -0.15) is 0 Å². The highest BCUT2D eigenvalue weighted by Crippen LogP contribution is 2.58. The number of carbonyl (C=O) groups is 3. The summed E-state index contributed by atoms with van der Waals surface area (Å²) in [7, 11) is 1.55. The van der Waals surface area contributed by atoms with Crippen LogP contribution in [0.4, 0.5) is 15.8 Å². The summed E-state index contributed by atoms with van der Waals surface area (Å²) in [5, 5.41) is 13.1. The van der Waals surface area contributed by atoms with Crippen LogP contribution in [0, 0.1) is 11.8 Å². The van der Waals surface area contributed by atoms with Crippen molar-refractivity contribution in [1.82, 2.24) is 4.90 Å². The predicted molar refractivity (Wildman–Crippen MR) is 181 cm³/mol. The Morgan fingerprint density at radius 2 is 1.85 bits per heavy atom. The average Bonchev–Trinajstić information content (AvgIpc) is 3.50. The number of ether oxygens (including phenoxy) is 2. The first kappa shape index (κ1) is 33.4. The first-order chi connectivity index (χ1) is 22.9. The molecule has 0 saturated carbocycles. The van der Waals surface area contributed by atoms with E-state index in [0.29, 0.717) is 41.2 Å². The smallest absolute Gasteiger partial charge is 0.264 e. The molecular formula is C38H42FN3O6. The van der Waals surface area contributed by atoms with Gasteiger partial charge in [-0.05, 0) is 73.9 Å². The molecule has 0 unspecified atom stereocenters. The minimum Gasteiger partial charge on any atom is -0.497 e. The summed E-state index contributed by atoms with van der Waals surface area (Å²) in [5.41, 5.74) is 0.585. The lowest BCUT2D eigenvalue weighted by Gasteiger charge is -2.37. The molecule has 48 heavy (non-hydrogen) atoms. The van der Waals surface area contributed by atoms with Gasteiger partial charge in [-0.3, -0.25) is 14.4 Å². The standard InChI is InChI=1S/C38H42FN3O6/c1-6-17-41-31-16-13-27(40-35(45)24-11-14-29(47-5)15-12-24)19-30(31)38(36(41)46)23(2)34(37(3,4)39)32(48-38)20-33(44)42-21-26-10-8-7-9-25(26)18-28(42)22-43/h6-16,19,23,28,32,34,43H,1,17-18,20-22H2,2-5H3,(H,40,45)/t23-,28+,32+,34-,38+/m1/s1. The van der Waals surface area contributed by atoms with E-state index in [-0.39, 0.29) is 37.3 Å². The molecule has 0 aromatic heterocycles. The van der Waals surface area contributed by atoms with Crippen molar-refractivity contribution in [1.29, 1.82) is 0 Å². The van der Waals surface area contributed by atoms with Gasteiger partial charge < -0.3 is 29.7 Å². The van der Waals surface area contributed by atoms with Crippen molar-refractivity contribution < 1.29 is 33.4 Å². The third kappa shape index (κ3) is 5.66. The number of aliphatic hydroxyl groups is 1. The maximum Gasteiger partial charge on any atom is 0.264 e. The number of nitrogens with one attached hydrogen (secondary N) is 1. The summed E-state index contributed by atoms with van der Waals surface area (Å²) in [4.78, 5) is 44.8. The van der Waals surface area contributed by atoms with Crippen molar-refractivity contribution in [2.75, 3.05) is 30.5 Å². The number of alkyl halides is 1. The number of methoxy groups -OCH3 is 1. The normalized spacial score (nSPS) is 24.8. The van der Waals surface area contributed by atoms with E-state index in [2.05, 4.69) is 11.9 Å². The number of hydrogen-bond acceptors (Lipinski definition) is 6. The van der Waals surface area contributed by atoms with Crippen molar-refractivity contribution in [3.63, 3.8) is 0 Å². The number of amides is 3. The van der Waals surface area contributed by atoms with Crippen molar-refractivity contribution >= 4 is 29.1 Å².